The van der Waals surface area contributed by atoms with Gasteiger partial charge in [-0.05, 0) is 54.8 Å². The third-order valence-electron chi connectivity index (χ3n) is 3.22. The van der Waals surface area contributed by atoms with E-state index in [-0.39, 0.29) is 0 Å². The van der Waals surface area contributed by atoms with Crippen LogP contribution in [0.4, 0.5) is 0 Å². The molecule has 0 radical (unpaired) electrons. The van der Waals surface area contributed by atoms with Gasteiger partial charge in [-0.25, -0.2) is 0 Å². The highest BCUT2D eigenvalue weighted by Gasteiger charge is 2.09. The summed E-state index contributed by atoms with van der Waals surface area (Å²) in [7, 11) is 1.65. The summed E-state index contributed by atoms with van der Waals surface area (Å²) >= 11 is 0. The molecule has 0 spiro atoms. The van der Waals surface area contributed by atoms with E-state index < -0.39 is 0 Å². The molecule has 0 saturated heterocycles. The smallest absolute Gasteiger partial charge is 0.169 e. The Kier molecular flexibility index (Phi) is 5.09. The van der Waals surface area contributed by atoms with Crippen LogP contribution in [0.3, 0.4) is 0 Å². The SMILES string of the molecule is CCOc1ccc(Oc2cc(C(C)C)ccc2OC)cc1. The first-order chi connectivity index (χ1) is 10.1. The molecule has 0 saturated carbocycles. The van der Waals surface area contributed by atoms with Crippen molar-refractivity contribution in [1.82, 2.24) is 0 Å². The summed E-state index contributed by atoms with van der Waals surface area (Å²) in [4.78, 5) is 0. The van der Waals surface area contributed by atoms with E-state index in [9.17, 15) is 0 Å². The number of hydrogen-bond acceptors (Lipinski definition) is 3. The molecule has 2 aromatic rings. The summed E-state index contributed by atoms with van der Waals surface area (Å²) in [6.07, 6.45) is 0. The second kappa shape index (κ2) is 7.02. The van der Waals surface area contributed by atoms with Crippen LogP contribution < -0.4 is 14.2 Å². The molecule has 0 aliphatic rings. The lowest BCUT2D eigenvalue weighted by Gasteiger charge is -2.14. The third kappa shape index (κ3) is 3.91. The molecule has 21 heavy (non-hydrogen) atoms. The Morgan fingerprint density at radius 1 is 0.905 bits per heavy atom. The summed E-state index contributed by atoms with van der Waals surface area (Å²) in [5.41, 5.74) is 1.22. The molecule has 0 atom stereocenters. The lowest BCUT2D eigenvalue weighted by Crippen LogP contribution is -1.94. The van der Waals surface area contributed by atoms with E-state index in [1.807, 2.05) is 43.3 Å². The van der Waals surface area contributed by atoms with Crippen molar-refractivity contribution in [3.8, 4) is 23.0 Å². The molecule has 3 nitrogen and oxygen atoms in total. The minimum absolute atomic E-state index is 0.443. The van der Waals surface area contributed by atoms with E-state index in [1.54, 1.807) is 7.11 Å². The minimum Gasteiger partial charge on any atom is -0.494 e. The van der Waals surface area contributed by atoms with Crippen molar-refractivity contribution < 1.29 is 14.2 Å². The number of ether oxygens (including phenoxy) is 3. The molecule has 0 amide bonds. The monoisotopic (exact) mass is 286 g/mol. The second-order valence-corrected chi connectivity index (χ2v) is 5.07. The molecule has 0 aliphatic carbocycles. The first-order valence-corrected chi connectivity index (χ1v) is 7.22. The highest BCUT2D eigenvalue weighted by Crippen LogP contribution is 2.34. The van der Waals surface area contributed by atoms with Gasteiger partial charge in [0, 0.05) is 0 Å². The van der Waals surface area contributed by atoms with Crippen LogP contribution in [0.15, 0.2) is 42.5 Å². The van der Waals surface area contributed by atoms with E-state index in [4.69, 9.17) is 14.2 Å². The minimum atomic E-state index is 0.443. The Bertz CT molecular complexity index is 574. The molecule has 3 heteroatoms. The predicted molar refractivity (Wildman–Crippen MR) is 84.8 cm³/mol. The highest BCUT2D eigenvalue weighted by molar-refractivity contribution is 5.46. The Morgan fingerprint density at radius 3 is 2.14 bits per heavy atom. The van der Waals surface area contributed by atoms with Crippen molar-refractivity contribution in [2.24, 2.45) is 0 Å². The lowest BCUT2D eigenvalue weighted by atomic mass is 10.0. The van der Waals surface area contributed by atoms with Crippen LogP contribution in [0.5, 0.6) is 23.0 Å². The van der Waals surface area contributed by atoms with Gasteiger partial charge in [-0.3, -0.25) is 0 Å². The van der Waals surface area contributed by atoms with Crippen LogP contribution in [0.1, 0.15) is 32.3 Å². The zero-order valence-electron chi connectivity index (χ0n) is 13.1. The molecule has 0 aromatic heterocycles. The largest absolute Gasteiger partial charge is 0.494 e. The van der Waals surface area contributed by atoms with Crippen molar-refractivity contribution in [2.45, 2.75) is 26.7 Å². The third-order valence-corrected chi connectivity index (χ3v) is 3.22. The van der Waals surface area contributed by atoms with E-state index in [0.717, 1.165) is 23.0 Å². The van der Waals surface area contributed by atoms with Crippen LogP contribution in [-0.2, 0) is 0 Å². The lowest BCUT2D eigenvalue weighted by molar-refractivity contribution is 0.339. The zero-order valence-corrected chi connectivity index (χ0v) is 13.1. The molecule has 2 aromatic carbocycles. The first kappa shape index (κ1) is 15.2. The maximum Gasteiger partial charge on any atom is 0.169 e. The molecule has 0 N–H and O–H groups in total. The molecular formula is C18H22O3. The zero-order chi connectivity index (χ0) is 15.2. The quantitative estimate of drug-likeness (QED) is 0.747. The van der Waals surface area contributed by atoms with Gasteiger partial charge < -0.3 is 14.2 Å². The fourth-order valence-electron chi connectivity index (χ4n) is 2.03. The van der Waals surface area contributed by atoms with Crippen molar-refractivity contribution in [2.75, 3.05) is 13.7 Å². The van der Waals surface area contributed by atoms with Gasteiger partial charge in [0.05, 0.1) is 13.7 Å². The Hall–Kier alpha value is -2.16. The van der Waals surface area contributed by atoms with Crippen molar-refractivity contribution in [3.63, 3.8) is 0 Å². The van der Waals surface area contributed by atoms with Gasteiger partial charge in [0.1, 0.15) is 11.5 Å². The van der Waals surface area contributed by atoms with E-state index in [0.29, 0.717) is 12.5 Å². The summed E-state index contributed by atoms with van der Waals surface area (Å²) in [5.74, 6) is 3.50. The number of benzene rings is 2. The Labute approximate surface area is 126 Å². The average molecular weight is 286 g/mol. The van der Waals surface area contributed by atoms with Crippen LogP contribution in [0.2, 0.25) is 0 Å². The maximum atomic E-state index is 5.94. The van der Waals surface area contributed by atoms with E-state index >= 15 is 0 Å². The number of hydrogen-bond donors (Lipinski definition) is 0. The first-order valence-electron chi connectivity index (χ1n) is 7.22. The summed E-state index contributed by atoms with van der Waals surface area (Å²) in [6, 6.07) is 13.6. The molecule has 0 aliphatic heterocycles. The predicted octanol–water partition coefficient (Wildman–Crippen LogP) is 5.01. The topological polar surface area (TPSA) is 27.7 Å². The molecule has 0 fully saturated rings. The number of methoxy groups -OCH3 is 1. The standard InChI is InChI=1S/C18H22O3/c1-5-20-15-7-9-16(10-8-15)21-18-12-14(13(2)3)6-11-17(18)19-4/h6-13H,5H2,1-4H3. The van der Waals surface area contributed by atoms with Crippen molar-refractivity contribution in [1.29, 1.82) is 0 Å². The van der Waals surface area contributed by atoms with Crippen LogP contribution in [0, 0.1) is 0 Å². The number of rotatable bonds is 6. The normalized spacial score (nSPS) is 10.5. The maximum absolute atomic E-state index is 5.94. The van der Waals surface area contributed by atoms with Crippen molar-refractivity contribution >= 4 is 0 Å². The van der Waals surface area contributed by atoms with Gasteiger partial charge in [0.25, 0.3) is 0 Å². The van der Waals surface area contributed by atoms with Gasteiger partial charge in [0.2, 0.25) is 0 Å². The molecule has 2 rings (SSSR count). The molecule has 0 unspecified atom stereocenters. The van der Waals surface area contributed by atoms with Gasteiger partial charge in [-0.1, -0.05) is 19.9 Å². The molecule has 0 bridgehead atoms. The summed E-state index contributed by atoms with van der Waals surface area (Å²) in [5, 5.41) is 0. The fourth-order valence-corrected chi connectivity index (χ4v) is 2.03. The summed E-state index contributed by atoms with van der Waals surface area (Å²) < 4.78 is 16.7. The molecule has 112 valence electrons. The average Bonchev–Trinajstić information content (AvgIpc) is 2.49. The van der Waals surface area contributed by atoms with Crippen LogP contribution >= 0.6 is 0 Å². The Morgan fingerprint density at radius 2 is 1.57 bits per heavy atom. The van der Waals surface area contributed by atoms with Gasteiger partial charge in [-0.15, -0.1) is 0 Å². The van der Waals surface area contributed by atoms with Gasteiger partial charge >= 0.3 is 0 Å². The van der Waals surface area contributed by atoms with Gasteiger partial charge in [-0.2, -0.15) is 0 Å². The van der Waals surface area contributed by atoms with Crippen molar-refractivity contribution in [3.05, 3.63) is 48.0 Å². The second-order valence-electron chi connectivity index (χ2n) is 5.07. The van der Waals surface area contributed by atoms with Gasteiger partial charge in [0.15, 0.2) is 11.5 Å². The summed E-state index contributed by atoms with van der Waals surface area (Å²) in [6.45, 7) is 6.93. The fraction of sp³-hybridized carbons (Fsp3) is 0.333. The van der Waals surface area contributed by atoms with Crippen LogP contribution in [-0.4, -0.2) is 13.7 Å². The molecular weight excluding hydrogens is 264 g/mol. The van der Waals surface area contributed by atoms with E-state index in [1.165, 1.54) is 5.56 Å². The Balaban J connectivity index is 2.22. The van der Waals surface area contributed by atoms with Crippen LogP contribution in [0.25, 0.3) is 0 Å². The highest BCUT2D eigenvalue weighted by atomic mass is 16.5. The van der Waals surface area contributed by atoms with E-state index in [2.05, 4.69) is 19.9 Å². The molecule has 0 heterocycles.